The van der Waals surface area contributed by atoms with E-state index in [0.717, 1.165) is 5.56 Å². The summed E-state index contributed by atoms with van der Waals surface area (Å²) in [6.45, 7) is 0. The Hall–Kier alpha value is 0.130. The molecule has 0 spiro atoms. The highest BCUT2D eigenvalue weighted by Gasteiger charge is 2.06. The van der Waals surface area contributed by atoms with Crippen LogP contribution in [0, 0.1) is 17.8 Å². The molecule has 1 aromatic heterocycles. The third kappa shape index (κ3) is 2.04. The van der Waals surface area contributed by atoms with Gasteiger partial charge in [-0.25, -0.2) is 0 Å². The summed E-state index contributed by atoms with van der Waals surface area (Å²) in [7, 11) is 0. The van der Waals surface area contributed by atoms with E-state index in [2.05, 4.69) is 69.5 Å². The van der Waals surface area contributed by atoms with E-state index >= 15 is 0 Å². The van der Waals surface area contributed by atoms with E-state index in [-0.39, 0.29) is 0 Å². The lowest BCUT2D eigenvalue weighted by molar-refractivity contribution is 1.28. The highest BCUT2D eigenvalue weighted by atomic mass is 127. The smallest absolute Gasteiger partial charge is 0.0669 e. The maximum absolute atomic E-state index is 8.73. The van der Waals surface area contributed by atoms with Crippen molar-refractivity contribution in [3.05, 3.63) is 30.2 Å². The molecule has 0 radical (unpaired) electrons. The van der Waals surface area contributed by atoms with Gasteiger partial charge in [-0.05, 0) is 74.3 Å². The Bertz CT molecular complexity index is 525. The van der Waals surface area contributed by atoms with Crippen LogP contribution in [0.3, 0.4) is 0 Å². The van der Waals surface area contributed by atoms with Crippen molar-refractivity contribution in [2.24, 2.45) is 0 Å². The van der Waals surface area contributed by atoms with Gasteiger partial charge < -0.3 is 0 Å². The van der Waals surface area contributed by atoms with Crippen LogP contribution in [0.15, 0.2) is 18.2 Å². The van der Waals surface area contributed by atoms with Gasteiger partial charge in [-0.2, -0.15) is 5.26 Å². The molecule has 0 amide bonds. The molecule has 14 heavy (non-hydrogen) atoms. The Morgan fingerprint density at radius 1 is 1.29 bits per heavy atom. The van der Waals surface area contributed by atoms with Crippen LogP contribution < -0.4 is 0 Å². The second-order valence-electron chi connectivity index (χ2n) is 2.86. The predicted molar refractivity (Wildman–Crippen MR) is 76.6 cm³/mol. The lowest BCUT2D eigenvalue weighted by Gasteiger charge is -1.98. The van der Waals surface area contributed by atoms with Crippen molar-refractivity contribution in [1.29, 1.82) is 5.26 Å². The molecule has 0 atom stereocenters. The Morgan fingerprint density at radius 2 is 2.07 bits per heavy atom. The number of nitriles is 1. The van der Waals surface area contributed by atoms with E-state index in [9.17, 15) is 0 Å². The van der Waals surface area contributed by atoms with Crippen LogP contribution in [0.4, 0.5) is 0 Å². The molecule has 2 aromatic rings. The second-order valence-corrected chi connectivity index (χ2v) is 7.09. The number of rotatable bonds is 1. The van der Waals surface area contributed by atoms with Crippen molar-refractivity contribution in [2.75, 3.05) is 0 Å². The Kier molecular flexibility index (Phi) is 3.29. The summed E-state index contributed by atoms with van der Waals surface area (Å²) in [6.07, 6.45) is 0.500. The summed E-state index contributed by atoms with van der Waals surface area (Å²) >= 11 is 6.40. The number of hydrogen-bond acceptors (Lipinski definition) is 2. The van der Waals surface area contributed by atoms with Crippen LogP contribution in [0.5, 0.6) is 0 Å². The van der Waals surface area contributed by atoms with Crippen LogP contribution in [-0.4, -0.2) is 0 Å². The molecule has 1 aromatic carbocycles. The van der Waals surface area contributed by atoms with Gasteiger partial charge in [0.25, 0.3) is 0 Å². The van der Waals surface area contributed by atoms with Gasteiger partial charge in [0, 0.05) is 8.27 Å². The Balaban J connectivity index is 2.74. The molecule has 70 valence electrons. The first-order valence-electron chi connectivity index (χ1n) is 3.95. The molecule has 0 aliphatic carbocycles. The zero-order chi connectivity index (χ0) is 10.1. The Labute approximate surface area is 113 Å². The molecule has 0 N–H and O–H groups in total. The highest BCUT2D eigenvalue weighted by molar-refractivity contribution is 14.1. The minimum atomic E-state index is 0.500. The molecule has 0 aliphatic heterocycles. The first-order chi connectivity index (χ1) is 6.70. The molecule has 1 nitrogen and oxygen atoms in total. The summed E-state index contributed by atoms with van der Waals surface area (Å²) in [5.74, 6) is 0. The average Bonchev–Trinajstić information content (AvgIpc) is 2.45. The van der Waals surface area contributed by atoms with E-state index in [4.69, 9.17) is 5.26 Å². The number of halogens is 2. The minimum absolute atomic E-state index is 0.500. The van der Waals surface area contributed by atoms with Gasteiger partial charge in [-0.15, -0.1) is 11.3 Å². The van der Waals surface area contributed by atoms with Crippen molar-refractivity contribution < 1.29 is 0 Å². The van der Waals surface area contributed by atoms with Crippen LogP contribution >= 0.6 is 56.5 Å². The molecule has 0 saturated heterocycles. The number of hydrogen-bond donors (Lipinski definition) is 0. The summed E-state index contributed by atoms with van der Waals surface area (Å²) in [5, 5.41) is 9.96. The number of fused-ring (bicyclic) bond motifs is 1. The molecule has 0 unspecified atom stereocenters. The molecule has 1 heterocycles. The second kappa shape index (κ2) is 4.33. The predicted octanol–water partition coefficient (Wildman–Crippen LogP) is 4.18. The first-order valence-corrected chi connectivity index (χ1v) is 6.92. The van der Waals surface area contributed by atoms with Gasteiger partial charge in [0.2, 0.25) is 0 Å². The first kappa shape index (κ1) is 10.6. The van der Waals surface area contributed by atoms with Crippen LogP contribution in [-0.2, 0) is 6.42 Å². The quantitative estimate of drug-likeness (QED) is 0.630. The summed E-state index contributed by atoms with van der Waals surface area (Å²) in [4.78, 5) is 0. The van der Waals surface area contributed by atoms with E-state index in [0.29, 0.717) is 6.42 Å². The lowest BCUT2D eigenvalue weighted by atomic mass is 10.1. The average molecular weight is 425 g/mol. The van der Waals surface area contributed by atoms with Crippen LogP contribution in [0.25, 0.3) is 10.1 Å². The van der Waals surface area contributed by atoms with Crippen molar-refractivity contribution in [1.82, 2.24) is 0 Å². The third-order valence-corrected chi connectivity index (χ3v) is 4.39. The summed E-state index contributed by atoms with van der Waals surface area (Å²) in [5.41, 5.74) is 1.15. The van der Waals surface area contributed by atoms with E-state index in [1.54, 1.807) is 11.3 Å². The van der Waals surface area contributed by atoms with E-state index < -0.39 is 0 Å². The van der Waals surface area contributed by atoms with Crippen molar-refractivity contribution in [3.8, 4) is 6.07 Å². The number of nitrogens with zero attached hydrogens (tertiary/aromatic N) is 1. The van der Waals surface area contributed by atoms with E-state index in [1.807, 2.05) is 0 Å². The van der Waals surface area contributed by atoms with E-state index in [1.165, 1.54) is 16.5 Å². The monoisotopic (exact) mass is 425 g/mol. The van der Waals surface area contributed by atoms with Crippen molar-refractivity contribution in [3.63, 3.8) is 0 Å². The van der Waals surface area contributed by atoms with Gasteiger partial charge in [0.05, 0.1) is 15.4 Å². The normalized spacial score (nSPS) is 10.4. The lowest BCUT2D eigenvalue weighted by Crippen LogP contribution is -1.83. The van der Waals surface area contributed by atoms with Gasteiger partial charge in [0.15, 0.2) is 0 Å². The molecule has 0 aliphatic rings. The fourth-order valence-electron chi connectivity index (χ4n) is 1.37. The zero-order valence-electron chi connectivity index (χ0n) is 7.05. The molecular formula is C10H5I2NS. The molecular weight excluding hydrogens is 420 g/mol. The number of benzene rings is 1. The topological polar surface area (TPSA) is 23.8 Å². The molecule has 2 rings (SSSR count). The highest BCUT2D eigenvalue weighted by Crippen LogP contribution is 2.31. The molecule has 0 bridgehead atoms. The number of thiophene rings is 1. The fourth-order valence-corrected chi connectivity index (χ4v) is 4.17. The third-order valence-electron chi connectivity index (χ3n) is 1.93. The van der Waals surface area contributed by atoms with Crippen LogP contribution in [0.2, 0.25) is 0 Å². The van der Waals surface area contributed by atoms with Gasteiger partial charge >= 0.3 is 0 Å². The zero-order valence-corrected chi connectivity index (χ0v) is 12.2. The largest absolute Gasteiger partial charge is 0.198 e. The Morgan fingerprint density at radius 3 is 2.79 bits per heavy atom. The summed E-state index contributed by atoms with van der Waals surface area (Å²) in [6, 6.07) is 8.63. The maximum Gasteiger partial charge on any atom is 0.0669 e. The minimum Gasteiger partial charge on any atom is -0.198 e. The maximum atomic E-state index is 8.73. The van der Waals surface area contributed by atoms with Gasteiger partial charge in [0.1, 0.15) is 0 Å². The standard InChI is InChI=1S/C10H5I2NS/c11-7-3-6(1-2-13)8-5-10(12)14-9(8)4-7/h3-5H,1H2. The van der Waals surface area contributed by atoms with Crippen molar-refractivity contribution in [2.45, 2.75) is 6.42 Å². The fraction of sp³-hybridized carbons (Fsp3) is 0.100. The van der Waals surface area contributed by atoms with Gasteiger partial charge in [-0.1, -0.05) is 0 Å². The molecule has 4 heteroatoms. The molecule has 0 fully saturated rings. The van der Waals surface area contributed by atoms with Crippen molar-refractivity contribution >= 4 is 66.6 Å². The molecule has 0 saturated carbocycles. The summed E-state index contributed by atoms with van der Waals surface area (Å²) < 4.78 is 3.77. The SMILES string of the molecule is N#CCc1cc(I)cc2sc(I)cc12. The van der Waals surface area contributed by atoms with Crippen LogP contribution in [0.1, 0.15) is 5.56 Å². The van der Waals surface area contributed by atoms with Gasteiger partial charge in [-0.3, -0.25) is 0 Å².